The maximum Gasteiger partial charge on any atom is 0.159 e. The fourth-order valence-electron chi connectivity index (χ4n) is 1.17. The normalized spacial score (nSPS) is 13.3. The zero-order chi connectivity index (χ0) is 12.3. The summed E-state index contributed by atoms with van der Waals surface area (Å²) in [5.41, 5.74) is 0.783. The molecule has 1 rings (SSSR count). The van der Waals surface area contributed by atoms with E-state index in [4.69, 9.17) is 4.74 Å². The van der Waals surface area contributed by atoms with E-state index >= 15 is 0 Å². The maximum absolute atomic E-state index is 11.2. The van der Waals surface area contributed by atoms with Crippen molar-refractivity contribution in [1.29, 1.82) is 0 Å². The Hall–Kier alpha value is -1.31. The number of ketones is 1. The van der Waals surface area contributed by atoms with Gasteiger partial charge in [0.05, 0.1) is 0 Å². The van der Waals surface area contributed by atoms with E-state index in [1.165, 1.54) is 0 Å². The van der Waals surface area contributed by atoms with Gasteiger partial charge in [0, 0.05) is 5.56 Å². The van der Waals surface area contributed by atoms with E-state index < -0.39 is 0 Å². The fourth-order valence-corrected chi connectivity index (χ4v) is 1.17. The predicted molar refractivity (Wildman–Crippen MR) is 66.0 cm³/mol. The number of carbonyl (C=O) groups excluding carboxylic acids is 1. The molecule has 2 heteroatoms. The summed E-state index contributed by atoms with van der Waals surface area (Å²) in [6.45, 7) is 10.00. The van der Waals surface area contributed by atoms with Crippen molar-refractivity contribution in [2.24, 2.45) is 5.41 Å². The lowest BCUT2D eigenvalue weighted by Gasteiger charge is -2.28. The Bertz CT molecular complexity index is 375. The Labute approximate surface area is 97.6 Å². The number of rotatable bonds is 3. The van der Waals surface area contributed by atoms with Crippen molar-refractivity contribution in [1.82, 2.24) is 0 Å². The molecule has 2 nitrogen and oxygen atoms in total. The number of hydrogen-bond acceptors (Lipinski definition) is 2. The number of ether oxygens (including phenoxy) is 1. The molecule has 1 aromatic carbocycles. The number of Topliss-reactive ketones (excluding diaryl/α,β-unsaturated/α-hetero) is 1. The molecule has 16 heavy (non-hydrogen) atoms. The Morgan fingerprint density at radius 1 is 1.31 bits per heavy atom. The van der Waals surface area contributed by atoms with E-state index in [9.17, 15) is 4.79 Å². The van der Waals surface area contributed by atoms with Gasteiger partial charge in [0.15, 0.2) is 5.78 Å². The second kappa shape index (κ2) is 4.69. The Kier molecular flexibility index (Phi) is 3.74. The van der Waals surface area contributed by atoms with Crippen molar-refractivity contribution >= 4 is 5.78 Å². The van der Waals surface area contributed by atoms with Gasteiger partial charge in [0.2, 0.25) is 0 Å². The third kappa shape index (κ3) is 3.37. The SMILES string of the molecule is CC(=O)c1cccc(OC(C)C(C)(C)C)c1. The van der Waals surface area contributed by atoms with Crippen LogP contribution in [0.2, 0.25) is 0 Å². The minimum absolute atomic E-state index is 0.0638. The average Bonchev–Trinajstić information content (AvgIpc) is 2.16. The van der Waals surface area contributed by atoms with Crippen LogP contribution in [-0.4, -0.2) is 11.9 Å². The van der Waals surface area contributed by atoms with Crippen molar-refractivity contribution in [3.63, 3.8) is 0 Å². The van der Waals surface area contributed by atoms with Crippen LogP contribution in [-0.2, 0) is 0 Å². The molecular formula is C14H20O2. The lowest BCUT2D eigenvalue weighted by Crippen LogP contribution is -2.28. The molecule has 0 bridgehead atoms. The first-order chi connectivity index (χ1) is 7.30. The fraction of sp³-hybridized carbons (Fsp3) is 0.500. The summed E-state index contributed by atoms with van der Waals surface area (Å²) in [5.74, 6) is 0.823. The highest BCUT2D eigenvalue weighted by Crippen LogP contribution is 2.24. The zero-order valence-corrected chi connectivity index (χ0v) is 10.7. The first-order valence-corrected chi connectivity index (χ1v) is 5.58. The van der Waals surface area contributed by atoms with Crippen LogP contribution in [0.15, 0.2) is 24.3 Å². The second-order valence-electron chi connectivity index (χ2n) is 5.21. The third-order valence-electron chi connectivity index (χ3n) is 2.77. The highest BCUT2D eigenvalue weighted by atomic mass is 16.5. The van der Waals surface area contributed by atoms with Crippen LogP contribution < -0.4 is 4.74 Å². The van der Waals surface area contributed by atoms with E-state index in [1.54, 1.807) is 19.1 Å². The smallest absolute Gasteiger partial charge is 0.159 e. The van der Waals surface area contributed by atoms with Gasteiger partial charge in [-0.2, -0.15) is 0 Å². The van der Waals surface area contributed by atoms with Gasteiger partial charge in [-0.05, 0) is 31.4 Å². The minimum atomic E-state index is 0.0638. The summed E-state index contributed by atoms with van der Waals surface area (Å²) in [6.07, 6.45) is 0.106. The van der Waals surface area contributed by atoms with Gasteiger partial charge in [-0.3, -0.25) is 4.79 Å². The molecular weight excluding hydrogens is 200 g/mol. The lowest BCUT2D eigenvalue weighted by atomic mass is 9.90. The molecule has 1 atom stereocenters. The monoisotopic (exact) mass is 220 g/mol. The molecule has 0 aliphatic carbocycles. The van der Waals surface area contributed by atoms with Crippen LogP contribution in [0.4, 0.5) is 0 Å². The number of benzene rings is 1. The first-order valence-electron chi connectivity index (χ1n) is 5.58. The molecule has 1 unspecified atom stereocenters. The molecule has 0 N–H and O–H groups in total. The average molecular weight is 220 g/mol. The third-order valence-corrected chi connectivity index (χ3v) is 2.77. The van der Waals surface area contributed by atoms with Crippen molar-refractivity contribution in [3.8, 4) is 5.75 Å². The summed E-state index contributed by atoms with van der Waals surface area (Å²) in [4.78, 5) is 11.2. The van der Waals surface area contributed by atoms with Gasteiger partial charge >= 0.3 is 0 Å². The topological polar surface area (TPSA) is 26.3 Å². The van der Waals surface area contributed by atoms with Crippen LogP contribution in [0.1, 0.15) is 45.0 Å². The van der Waals surface area contributed by atoms with Crippen LogP contribution in [0.5, 0.6) is 5.75 Å². The van der Waals surface area contributed by atoms with Gasteiger partial charge in [-0.1, -0.05) is 32.9 Å². The van der Waals surface area contributed by atoms with Gasteiger partial charge in [-0.15, -0.1) is 0 Å². The summed E-state index contributed by atoms with van der Waals surface area (Å²) >= 11 is 0. The largest absolute Gasteiger partial charge is 0.490 e. The van der Waals surface area contributed by atoms with Crippen molar-refractivity contribution in [2.75, 3.05) is 0 Å². The summed E-state index contributed by atoms with van der Waals surface area (Å²) in [6, 6.07) is 7.33. The first kappa shape index (κ1) is 12.8. The van der Waals surface area contributed by atoms with E-state index in [1.807, 2.05) is 19.1 Å². The Balaban J connectivity index is 2.82. The molecule has 0 saturated heterocycles. The van der Waals surface area contributed by atoms with Gasteiger partial charge in [-0.25, -0.2) is 0 Å². The standard InChI is InChI=1S/C14H20O2/c1-10(15)12-7-6-8-13(9-12)16-11(2)14(3,4)5/h6-9,11H,1-5H3. The van der Waals surface area contributed by atoms with Gasteiger partial charge in [0.1, 0.15) is 11.9 Å². The molecule has 0 aliphatic rings. The van der Waals surface area contributed by atoms with Crippen molar-refractivity contribution in [2.45, 2.75) is 40.7 Å². The summed E-state index contributed by atoms with van der Waals surface area (Å²) < 4.78 is 5.82. The lowest BCUT2D eigenvalue weighted by molar-refractivity contribution is 0.0997. The van der Waals surface area contributed by atoms with Crippen molar-refractivity contribution < 1.29 is 9.53 Å². The van der Waals surface area contributed by atoms with Crippen molar-refractivity contribution in [3.05, 3.63) is 29.8 Å². The van der Waals surface area contributed by atoms with Crippen LogP contribution in [0, 0.1) is 5.41 Å². The highest BCUT2D eigenvalue weighted by Gasteiger charge is 2.21. The Morgan fingerprint density at radius 3 is 2.44 bits per heavy atom. The van der Waals surface area contributed by atoms with Crippen LogP contribution >= 0.6 is 0 Å². The second-order valence-corrected chi connectivity index (χ2v) is 5.21. The minimum Gasteiger partial charge on any atom is -0.490 e. The van der Waals surface area contributed by atoms with E-state index in [0.29, 0.717) is 5.56 Å². The predicted octanol–water partition coefficient (Wildman–Crippen LogP) is 3.70. The highest BCUT2D eigenvalue weighted by molar-refractivity contribution is 5.94. The molecule has 0 fully saturated rings. The molecule has 0 radical (unpaired) electrons. The van der Waals surface area contributed by atoms with Gasteiger partial charge < -0.3 is 4.74 Å². The van der Waals surface area contributed by atoms with Crippen LogP contribution in [0.25, 0.3) is 0 Å². The molecule has 88 valence electrons. The molecule has 0 amide bonds. The number of hydrogen-bond donors (Lipinski definition) is 0. The molecule has 0 aromatic heterocycles. The molecule has 0 heterocycles. The summed E-state index contributed by atoms with van der Waals surface area (Å²) in [5, 5.41) is 0. The molecule has 1 aromatic rings. The summed E-state index contributed by atoms with van der Waals surface area (Å²) in [7, 11) is 0. The van der Waals surface area contributed by atoms with E-state index in [2.05, 4.69) is 20.8 Å². The number of carbonyl (C=O) groups is 1. The van der Waals surface area contributed by atoms with Gasteiger partial charge in [0.25, 0.3) is 0 Å². The molecule has 0 spiro atoms. The Morgan fingerprint density at radius 2 is 1.94 bits per heavy atom. The maximum atomic E-state index is 11.2. The zero-order valence-electron chi connectivity index (χ0n) is 10.7. The quantitative estimate of drug-likeness (QED) is 0.726. The van der Waals surface area contributed by atoms with E-state index in [-0.39, 0.29) is 17.3 Å². The molecule has 0 aliphatic heterocycles. The van der Waals surface area contributed by atoms with E-state index in [0.717, 1.165) is 5.75 Å². The molecule has 0 saturated carbocycles. The van der Waals surface area contributed by atoms with Crippen LogP contribution in [0.3, 0.4) is 0 Å².